The van der Waals surface area contributed by atoms with Crippen molar-refractivity contribution in [3.63, 3.8) is 0 Å². The number of nitrogens with zero attached hydrogens (tertiary/aromatic N) is 1. The predicted molar refractivity (Wildman–Crippen MR) is 75.0 cm³/mol. The van der Waals surface area contributed by atoms with Crippen LogP contribution in [0.3, 0.4) is 0 Å². The van der Waals surface area contributed by atoms with Crippen molar-refractivity contribution in [2.75, 3.05) is 6.54 Å². The van der Waals surface area contributed by atoms with Gasteiger partial charge in [-0.05, 0) is 33.7 Å². The van der Waals surface area contributed by atoms with Gasteiger partial charge in [-0.2, -0.15) is 0 Å². The van der Waals surface area contributed by atoms with Crippen LogP contribution in [-0.4, -0.2) is 11.5 Å². The molecule has 0 aliphatic rings. The van der Waals surface area contributed by atoms with Crippen molar-refractivity contribution in [1.29, 1.82) is 0 Å². The third kappa shape index (κ3) is 5.86. The van der Waals surface area contributed by atoms with Crippen molar-refractivity contribution in [2.45, 2.75) is 46.6 Å². The summed E-state index contributed by atoms with van der Waals surface area (Å²) in [6, 6.07) is 0.331. The van der Waals surface area contributed by atoms with Crippen LogP contribution in [0, 0.1) is 17.3 Å². The number of rotatable bonds is 5. The molecule has 0 aliphatic heterocycles. The maximum Gasteiger partial charge on any atom is 0.0794 e. The summed E-state index contributed by atoms with van der Waals surface area (Å²) in [6.45, 7) is 9.63. The number of aromatic nitrogens is 1. The monoisotopic (exact) mass is 250 g/mol. The van der Waals surface area contributed by atoms with Gasteiger partial charge in [0.1, 0.15) is 0 Å². The van der Waals surface area contributed by atoms with Crippen molar-refractivity contribution >= 4 is 11.3 Å². The van der Waals surface area contributed by atoms with Crippen molar-refractivity contribution < 1.29 is 0 Å². The molecule has 3 heteroatoms. The van der Waals surface area contributed by atoms with E-state index in [1.165, 1.54) is 4.88 Å². The molecular formula is C14H22N2S. The molecule has 0 saturated heterocycles. The van der Waals surface area contributed by atoms with E-state index in [1.807, 2.05) is 11.7 Å². The zero-order valence-electron chi connectivity index (χ0n) is 11.2. The third-order valence-electron chi connectivity index (χ3n) is 2.21. The van der Waals surface area contributed by atoms with Crippen LogP contribution in [0.25, 0.3) is 0 Å². The van der Waals surface area contributed by atoms with Crippen LogP contribution in [0.5, 0.6) is 0 Å². The van der Waals surface area contributed by atoms with Gasteiger partial charge in [0.05, 0.1) is 11.6 Å². The SMILES string of the molecule is CCCNC(CC#CC(C)(C)C)c1cncs1. The Morgan fingerprint density at radius 1 is 1.47 bits per heavy atom. The van der Waals surface area contributed by atoms with Gasteiger partial charge in [-0.15, -0.1) is 17.3 Å². The van der Waals surface area contributed by atoms with Crippen molar-refractivity contribution in [3.8, 4) is 11.8 Å². The first-order valence-electron chi connectivity index (χ1n) is 6.14. The molecular weight excluding hydrogens is 228 g/mol. The number of nitrogens with one attached hydrogen (secondary N) is 1. The van der Waals surface area contributed by atoms with E-state index in [2.05, 4.69) is 49.8 Å². The standard InChI is InChI=1S/C14H22N2S/c1-5-9-16-12(13-10-15-11-17-13)7-6-8-14(2,3)4/h10-12,16H,5,7,9H2,1-4H3. The fourth-order valence-corrected chi connectivity index (χ4v) is 2.10. The first kappa shape index (κ1) is 14.2. The number of hydrogen-bond acceptors (Lipinski definition) is 3. The lowest BCUT2D eigenvalue weighted by Crippen LogP contribution is -2.21. The molecule has 0 aliphatic carbocycles. The zero-order valence-corrected chi connectivity index (χ0v) is 12.0. The lowest BCUT2D eigenvalue weighted by molar-refractivity contribution is 0.543. The molecule has 0 saturated carbocycles. The first-order chi connectivity index (χ1) is 8.03. The van der Waals surface area contributed by atoms with Crippen LogP contribution in [0.15, 0.2) is 11.7 Å². The minimum atomic E-state index is 0.0863. The van der Waals surface area contributed by atoms with Crippen molar-refractivity contribution in [2.24, 2.45) is 5.41 Å². The van der Waals surface area contributed by atoms with E-state index in [-0.39, 0.29) is 5.41 Å². The van der Waals surface area contributed by atoms with Gasteiger partial charge in [0, 0.05) is 22.9 Å². The second-order valence-corrected chi connectivity index (χ2v) is 6.08. The van der Waals surface area contributed by atoms with Gasteiger partial charge in [0.25, 0.3) is 0 Å². The van der Waals surface area contributed by atoms with E-state index < -0.39 is 0 Å². The summed E-state index contributed by atoms with van der Waals surface area (Å²) in [5.41, 5.74) is 1.97. The second-order valence-electron chi connectivity index (χ2n) is 5.17. The van der Waals surface area contributed by atoms with E-state index in [0.717, 1.165) is 19.4 Å². The molecule has 0 radical (unpaired) electrons. The topological polar surface area (TPSA) is 24.9 Å². The summed E-state index contributed by atoms with van der Waals surface area (Å²) < 4.78 is 0. The van der Waals surface area contributed by atoms with Crippen LogP contribution in [0.4, 0.5) is 0 Å². The Balaban J connectivity index is 2.61. The average Bonchev–Trinajstić information content (AvgIpc) is 2.74. The van der Waals surface area contributed by atoms with E-state index in [1.54, 1.807) is 11.3 Å². The van der Waals surface area contributed by atoms with E-state index in [4.69, 9.17) is 0 Å². The Morgan fingerprint density at radius 3 is 2.76 bits per heavy atom. The fraction of sp³-hybridized carbons (Fsp3) is 0.643. The summed E-state index contributed by atoms with van der Waals surface area (Å²) >= 11 is 1.70. The van der Waals surface area contributed by atoms with Crippen molar-refractivity contribution in [3.05, 3.63) is 16.6 Å². The molecule has 1 heterocycles. The van der Waals surface area contributed by atoms with Gasteiger partial charge in [-0.3, -0.25) is 4.98 Å². The highest BCUT2D eigenvalue weighted by molar-refractivity contribution is 7.09. The molecule has 1 aromatic rings. The van der Waals surface area contributed by atoms with Crippen LogP contribution in [0.2, 0.25) is 0 Å². The first-order valence-corrected chi connectivity index (χ1v) is 7.02. The highest BCUT2D eigenvalue weighted by atomic mass is 32.1. The molecule has 17 heavy (non-hydrogen) atoms. The Bertz CT molecular complexity index is 365. The predicted octanol–water partition coefficient (Wildman–Crippen LogP) is 3.62. The summed E-state index contributed by atoms with van der Waals surface area (Å²) in [6.07, 6.45) is 3.94. The number of thiazole rings is 1. The van der Waals surface area contributed by atoms with Crippen LogP contribution in [-0.2, 0) is 0 Å². The van der Waals surface area contributed by atoms with Crippen LogP contribution < -0.4 is 5.32 Å². The fourth-order valence-electron chi connectivity index (χ4n) is 1.41. The highest BCUT2D eigenvalue weighted by Crippen LogP contribution is 2.20. The lowest BCUT2D eigenvalue weighted by Gasteiger charge is -2.14. The van der Waals surface area contributed by atoms with E-state index in [0.29, 0.717) is 6.04 Å². The van der Waals surface area contributed by atoms with E-state index in [9.17, 15) is 0 Å². The quantitative estimate of drug-likeness (QED) is 0.807. The Morgan fingerprint density at radius 2 is 2.24 bits per heavy atom. The van der Waals surface area contributed by atoms with Crippen LogP contribution in [0.1, 0.15) is 51.5 Å². The molecule has 1 N–H and O–H groups in total. The Labute approximate surface area is 109 Å². The van der Waals surface area contributed by atoms with Crippen LogP contribution >= 0.6 is 11.3 Å². The van der Waals surface area contributed by atoms with Gasteiger partial charge in [-0.1, -0.05) is 12.8 Å². The summed E-state index contributed by atoms with van der Waals surface area (Å²) in [7, 11) is 0. The summed E-state index contributed by atoms with van der Waals surface area (Å²) in [5, 5.41) is 3.53. The third-order valence-corrected chi connectivity index (χ3v) is 3.09. The molecule has 0 aromatic carbocycles. The molecule has 0 spiro atoms. The van der Waals surface area contributed by atoms with Gasteiger partial charge < -0.3 is 5.32 Å². The van der Waals surface area contributed by atoms with E-state index >= 15 is 0 Å². The van der Waals surface area contributed by atoms with Gasteiger partial charge >= 0.3 is 0 Å². The summed E-state index contributed by atoms with van der Waals surface area (Å²) in [4.78, 5) is 5.42. The molecule has 2 nitrogen and oxygen atoms in total. The molecule has 94 valence electrons. The minimum Gasteiger partial charge on any atom is -0.308 e. The number of hydrogen-bond donors (Lipinski definition) is 1. The Hall–Kier alpha value is -0.850. The zero-order chi connectivity index (χ0) is 12.7. The van der Waals surface area contributed by atoms with Gasteiger partial charge in [0.2, 0.25) is 0 Å². The average molecular weight is 250 g/mol. The maximum atomic E-state index is 4.14. The lowest BCUT2D eigenvalue weighted by atomic mass is 9.97. The Kier molecular flexibility index (Phi) is 5.67. The molecule has 0 fully saturated rings. The minimum absolute atomic E-state index is 0.0863. The van der Waals surface area contributed by atoms with Gasteiger partial charge in [0.15, 0.2) is 0 Å². The summed E-state index contributed by atoms with van der Waals surface area (Å²) in [5.74, 6) is 6.57. The smallest absolute Gasteiger partial charge is 0.0794 e. The largest absolute Gasteiger partial charge is 0.308 e. The normalized spacial score (nSPS) is 12.9. The molecule has 0 bridgehead atoms. The molecule has 1 unspecified atom stereocenters. The second kappa shape index (κ2) is 6.78. The molecule has 1 aromatic heterocycles. The molecule has 1 rings (SSSR count). The van der Waals surface area contributed by atoms with Gasteiger partial charge in [-0.25, -0.2) is 0 Å². The highest BCUT2D eigenvalue weighted by Gasteiger charge is 2.11. The van der Waals surface area contributed by atoms with Crippen molar-refractivity contribution in [1.82, 2.24) is 10.3 Å². The maximum absolute atomic E-state index is 4.14. The molecule has 1 atom stereocenters. The molecule has 0 amide bonds.